The normalized spacial score (nSPS) is 21.8. The fourth-order valence-electron chi connectivity index (χ4n) is 3.65. The average molecular weight is 372 g/mol. The standard InChI is InChI=1S/C21H22F2N2O2/c22-18-4-2-1-3-15(18)16-12-17(16)21(26)24-13-14-5-6-20(19(23)11-14)25-7-9-27-10-8-25/h1-6,11,16-17H,7-10,12-13H2,(H,24,26)/t16-,17-/m0/s1. The lowest BCUT2D eigenvalue weighted by molar-refractivity contribution is -0.122. The molecule has 1 amide bonds. The van der Waals surface area contributed by atoms with Crippen LogP contribution in [0.4, 0.5) is 14.5 Å². The Morgan fingerprint density at radius 1 is 1.11 bits per heavy atom. The number of anilines is 1. The molecule has 1 aliphatic carbocycles. The molecule has 4 rings (SSSR count). The Balaban J connectivity index is 1.33. The van der Waals surface area contributed by atoms with Crippen molar-refractivity contribution in [3.8, 4) is 0 Å². The second kappa shape index (κ2) is 7.64. The van der Waals surface area contributed by atoms with Crippen LogP contribution in [0.25, 0.3) is 0 Å². The maximum Gasteiger partial charge on any atom is 0.224 e. The van der Waals surface area contributed by atoms with Gasteiger partial charge < -0.3 is 15.0 Å². The van der Waals surface area contributed by atoms with E-state index in [1.807, 2.05) is 11.0 Å². The minimum Gasteiger partial charge on any atom is -0.378 e. The zero-order valence-electron chi connectivity index (χ0n) is 15.0. The molecule has 0 radical (unpaired) electrons. The SMILES string of the molecule is O=C(NCc1ccc(N2CCOCC2)c(F)c1)[C@H]1C[C@H]1c1ccccc1F. The van der Waals surface area contributed by atoms with Crippen LogP contribution < -0.4 is 10.2 Å². The molecule has 1 N–H and O–H groups in total. The lowest BCUT2D eigenvalue weighted by atomic mass is 10.1. The van der Waals surface area contributed by atoms with Gasteiger partial charge in [0.25, 0.3) is 0 Å². The van der Waals surface area contributed by atoms with Gasteiger partial charge in [0.05, 0.1) is 18.9 Å². The smallest absolute Gasteiger partial charge is 0.224 e. The molecule has 2 atom stereocenters. The maximum atomic E-state index is 14.4. The molecule has 0 spiro atoms. The summed E-state index contributed by atoms with van der Waals surface area (Å²) in [7, 11) is 0. The van der Waals surface area contributed by atoms with Crippen molar-refractivity contribution in [2.45, 2.75) is 18.9 Å². The molecule has 2 aromatic rings. The van der Waals surface area contributed by atoms with E-state index in [1.165, 1.54) is 12.1 Å². The first-order chi connectivity index (χ1) is 13.1. The number of hydrogen-bond donors (Lipinski definition) is 1. The van der Waals surface area contributed by atoms with Gasteiger partial charge in [0.2, 0.25) is 5.91 Å². The summed E-state index contributed by atoms with van der Waals surface area (Å²) in [5.74, 6) is -0.940. The molecule has 2 aliphatic rings. The lowest BCUT2D eigenvalue weighted by Gasteiger charge is -2.29. The molecule has 0 bridgehead atoms. The number of carbonyl (C=O) groups is 1. The molecule has 1 saturated heterocycles. The molecular formula is C21H22F2N2O2. The van der Waals surface area contributed by atoms with Gasteiger partial charge in [-0.25, -0.2) is 8.78 Å². The highest BCUT2D eigenvalue weighted by atomic mass is 19.1. The van der Waals surface area contributed by atoms with Gasteiger partial charge in [0, 0.05) is 25.6 Å². The van der Waals surface area contributed by atoms with E-state index in [-0.39, 0.29) is 35.9 Å². The highest BCUT2D eigenvalue weighted by molar-refractivity contribution is 5.82. The molecule has 27 heavy (non-hydrogen) atoms. The Hall–Kier alpha value is -2.47. The molecule has 6 heteroatoms. The summed E-state index contributed by atoms with van der Waals surface area (Å²) in [4.78, 5) is 14.3. The molecular weight excluding hydrogens is 350 g/mol. The molecule has 1 aliphatic heterocycles. The van der Waals surface area contributed by atoms with Gasteiger partial charge in [-0.3, -0.25) is 4.79 Å². The fourth-order valence-corrected chi connectivity index (χ4v) is 3.65. The second-order valence-corrected chi connectivity index (χ2v) is 7.07. The summed E-state index contributed by atoms with van der Waals surface area (Å²) in [5.41, 5.74) is 1.87. The van der Waals surface area contributed by atoms with E-state index < -0.39 is 0 Å². The summed E-state index contributed by atoms with van der Waals surface area (Å²) in [6.45, 7) is 2.81. The Morgan fingerprint density at radius 3 is 2.63 bits per heavy atom. The van der Waals surface area contributed by atoms with Crippen LogP contribution in [-0.2, 0) is 16.1 Å². The van der Waals surface area contributed by atoms with E-state index in [0.717, 1.165) is 0 Å². The number of carbonyl (C=O) groups excluding carboxylic acids is 1. The van der Waals surface area contributed by atoms with Crippen molar-refractivity contribution in [3.63, 3.8) is 0 Å². The number of morpholine rings is 1. The van der Waals surface area contributed by atoms with E-state index >= 15 is 0 Å². The Morgan fingerprint density at radius 2 is 1.89 bits per heavy atom. The number of hydrogen-bond acceptors (Lipinski definition) is 3. The first-order valence-corrected chi connectivity index (χ1v) is 9.27. The van der Waals surface area contributed by atoms with E-state index in [2.05, 4.69) is 5.32 Å². The molecule has 0 aromatic heterocycles. The van der Waals surface area contributed by atoms with Crippen molar-refractivity contribution in [3.05, 3.63) is 65.2 Å². The number of halogens is 2. The summed E-state index contributed by atoms with van der Waals surface area (Å²) >= 11 is 0. The third kappa shape index (κ3) is 3.95. The summed E-state index contributed by atoms with van der Waals surface area (Å²) in [5, 5.41) is 2.84. The van der Waals surface area contributed by atoms with Crippen LogP contribution in [0.3, 0.4) is 0 Å². The fraction of sp³-hybridized carbons (Fsp3) is 0.381. The number of nitrogens with one attached hydrogen (secondary N) is 1. The van der Waals surface area contributed by atoms with Crippen LogP contribution >= 0.6 is 0 Å². The van der Waals surface area contributed by atoms with Crippen molar-refractivity contribution in [2.75, 3.05) is 31.2 Å². The van der Waals surface area contributed by atoms with Crippen LogP contribution in [0.2, 0.25) is 0 Å². The van der Waals surface area contributed by atoms with Gasteiger partial charge in [-0.2, -0.15) is 0 Å². The number of ether oxygens (including phenoxy) is 1. The minimum absolute atomic E-state index is 0.0633. The van der Waals surface area contributed by atoms with Crippen LogP contribution in [0.1, 0.15) is 23.5 Å². The number of nitrogens with zero attached hydrogens (tertiary/aromatic N) is 1. The van der Waals surface area contributed by atoms with Crippen molar-refractivity contribution in [1.29, 1.82) is 0 Å². The van der Waals surface area contributed by atoms with E-state index in [4.69, 9.17) is 4.74 Å². The van der Waals surface area contributed by atoms with Crippen molar-refractivity contribution in [1.82, 2.24) is 5.32 Å². The van der Waals surface area contributed by atoms with E-state index in [1.54, 1.807) is 24.3 Å². The van der Waals surface area contributed by atoms with Gasteiger partial charge in [-0.1, -0.05) is 24.3 Å². The Bertz CT molecular complexity index is 837. The third-order valence-electron chi connectivity index (χ3n) is 5.26. The van der Waals surface area contributed by atoms with E-state index in [9.17, 15) is 13.6 Å². The molecule has 4 nitrogen and oxygen atoms in total. The van der Waals surface area contributed by atoms with Crippen LogP contribution in [0.15, 0.2) is 42.5 Å². The monoisotopic (exact) mass is 372 g/mol. The lowest BCUT2D eigenvalue weighted by Crippen LogP contribution is -2.36. The van der Waals surface area contributed by atoms with Gasteiger partial charge in [0.1, 0.15) is 11.6 Å². The average Bonchev–Trinajstić information content (AvgIpc) is 3.48. The molecule has 1 heterocycles. The predicted octanol–water partition coefficient (Wildman–Crippen LogP) is 3.22. The molecule has 142 valence electrons. The summed E-state index contributed by atoms with van der Waals surface area (Å²) in [6, 6.07) is 11.6. The predicted molar refractivity (Wildman–Crippen MR) is 98.5 cm³/mol. The van der Waals surface area contributed by atoms with Gasteiger partial charge in [-0.05, 0) is 41.7 Å². The van der Waals surface area contributed by atoms with Crippen LogP contribution in [0.5, 0.6) is 0 Å². The topological polar surface area (TPSA) is 41.6 Å². The maximum absolute atomic E-state index is 14.4. The highest BCUT2D eigenvalue weighted by Crippen LogP contribution is 2.48. The zero-order chi connectivity index (χ0) is 18.8. The Kier molecular flexibility index (Phi) is 5.07. The molecule has 0 unspecified atom stereocenters. The number of amides is 1. The minimum atomic E-state index is -0.292. The quantitative estimate of drug-likeness (QED) is 0.876. The summed E-state index contributed by atoms with van der Waals surface area (Å²) < 4.78 is 33.5. The van der Waals surface area contributed by atoms with Crippen LogP contribution in [0, 0.1) is 17.6 Å². The first-order valence-electron chi connectivity index (χ1n) is 9.27. The second-order valence-electron chi connectivity index (χ2n) is 7.07. The number of rotatable bonds is 5. The van der Waals surface area contributed by atoms with E-state index in [0.29, 0.717) is 49.5 Å². The highest BCUT2D eigenvalue weighted by Gasteiger charge is 2.44. The zero-order valence-corrected chi connectivity index (χ0v) is 15.0. The molecule has 2 fully saturated rings. The number of benzene rings is 2. The summed E-state index contributed by atoms with van der Waals surface area (Å²) in [6.07, 6.45) is 0.650. The molecule has 1 saturated carbocycles. The third-order valence-corrected chi connectivity index (χ3v) is 5.26. The first kappa shape index (κ1) is 17.9. The Labute approximate surface area is 157 Å². The van der Waals surface area contributed by atoms with Gasteiger partial charge in [0.15, 0.2) is 0 Å². The van der Waals surface area contributed by atoms with Gasteiger partial charge >= 0.3 is 0 Å². The largest absolute Gasteiger partial charge is 0.378 e. The van der Waals surface area contributed by atoms with Crippen molar-refractivity contribution < 1.29 is 18.3 Å². The van der Waals surface area contributed by atoms with Gasteiger partial charge in [-0.15, -0.1) is 0 Å². The van der Waals surface area contributed by atoms with Crippen LogP contribution in [-0.4, -0.2) is 32.2 Å². The van der Waals surface area contributed by atoms with Crippen molar-refractivity contribution in [2.24, 2.45) is 5.92 Å². The molecule has 2 aromatic carbocycles. The van der Waals surface area contributed by atoms with Crippen molar-refractivity contribution >= 4 is 11.6 Å².